The Morgan fingerprint density at radius 2 is 2.00 bits per heavy atom. The number of pyridine rings is 1. The van der Waals surface area contributed by atoms with Gasteiger partial charge in [0, 0.05) is 25.2 Å². The lowest BCUT2D eigenvalue weighted by atomic mass is 10.0. The second kappa shape index (κ2) is 6.92. The molecule has 1 N–H and O–H groups in total. The number of rotatable bonds is 3. The average Bonchev–Trinajstić information content (AvgIpc) is 2.65. The van der Waals surface area contributed by atoms with E-state index in [0.29, 0.717) is 5.02 Å². The maximum Gasteiger partial charge on any atom is 0.154 e. The maximum absolute atomic E-state index is 6.25. The third kappa shape index (κ3) is 3.22. The number of para-hydroxylation sites is 1. The highest BCUT2D eigenvalue weighted by Gasteiger charge is 2.21. The third-order valence-electron chi connectivity index (χ3n) is 4.82. The van der Waals surface area contributed by atoms with Crippen molar-refractivity contribution in [3.63, 3.8) is 0 Å². The zero-order chi connectivity index (χ0) is 18.1. The lowest BCUT2D eigenvalue weighted by Gasteiger charge is -2.30. The Hall–Kier alpha value is -2.66. The highest BCUT2D eigenvalue weighted by Crippen LogP contribution is 2.29. The van der Waals surface area contributed by atoms with Crippen molar-refractivity contribution in [2.45, 2.75) is 26.8 Å². The first-order valence-corrected chi connectivity index (χ1v) is 9.03. The molecule has 1 aliphatic heterocycles. The molecule has 0 aliphatic carbocycles. The number of nitrogens with one attached hydrogen (secondary N) is 1. The summed E-state index contributed by atoms with van der Waals surface area (Å²) in [5, 5.41) is 12.5. The van der Waals surface area contributed by atoms with E-state index in [1.807, 2.05) is 36.7 Å². The fourth-order valence-electron chi connectivity index (χ4n) is 3.21. The van der Waals surface area contributed by atoms with Gasteiger partial charge in [-0.05, 0) is 48.7 Å². The van der Waals surface area contributed by atoms with Crippen LogP contribution in [0.25, 0.3) is 0 Å². The number of fused-ring (bicyclic) bond motifs is 1. The van der Waals surface area contributed by atoms with Crippen molar-refractivity contribution in [1.29, 1.82) is 0 Å². The number of hydrogen-bond acceptors (Lipinski definition) is 5. The van der Waals surface area contributed by atoms with Crippen molar-refractivity contribution in [1.82, 2.24) is 15.2 Å². The molecule has 3 heterocycles. The van der Waals surface area contributed by atoms with Crippen LogP contribution in [0.5, 0.6) is 0 Å². The Morgan fingerprint density at radius 3 is 2.85 bits per heavy atom. The van der Waals surface area contributed by atoms with Crippen LogP contribution in [0.4, 0.5) is 17.2 Å². The van der Waals surface area contributed by atoms with E-state index in [1.54, 1.807) is 0 Å². The van der Waals surface area contributed by atoms with Gasteiger partial charge < -0.3 is 10.2 Å². The van der Waals surface area contributed by atoms with Crippen LogP contribution >= 0.6 is 11.6 Å². The highest BCUT2D eigenvalue weighted by atomic mass is 35.5. The lowest BCUT2D eigenvalue weighted by Crippen LogP contribution is -2.32. The van der Waals surface area contributed by atoms with Crippen LogP contribution in [0, 0.1) is 13.8 Å². The van der Waals surface area contributed by atoms with Crippen LogP contribution in [0.15, 0.2) is 42.7 Å². The van der Waals surface area contributed by atoms with Crippen molar-refractivity contribution in [3.05, 3.63) is 70.1 Å². The summed E-state index contributed by atoms with van der Waals surface area (Å²) in [5.41, 5.74) is 6.50. The lowest BCUT2D eigenvalue weighted by molar-refractivity contribution is 0.692. The monoisotopic (exact) mass is 365 g/mol. The average molecular weight is 366 g/mol. The fraction of sp³-hybridized carbons (Fsp3) is 0.250. The second-order valence-corrected chi connectivity index (χ2v) is 6.99. The summed E-state index contributed by atoms with van der Waals surface area (Å²) in [6.45, 7) is 5.84. The van der Waals surface area contributed by atoms with Crippen molar-refractivity contribution < 1.29 is 0 Å². The van der Waals surface area contributed by atoms with Crippen LogP contribution in [0.1, 0.15) is 22.4 Å². The molecule has 0 amide bonds. The SMILES string of the molecule is Cc1cnnc(N2CCc3ncc(Nc4ccccc4Cl)cc3C2)c1C. The van der Waals surface area contributed by atoms with Gasteiger partial charge in [0.05, 0.1) is 28.8 Å². The number of halogens is 1. The number of anilines is 3. The molecule has 0 unspecified atom stereocenters. The van der Waals surface area contributed by atoms with Gasteiger partial charge in [0.25, 0.3) is 0 Å². The summed E-state index contributed by atoms with van der Waals surface area (Å²) in [5.74, 6) is 0.958. The molecule has 26 heavy (non-hydrogen) atoms. The number of aryl methyl sites for hydroxylation is 1. The number of nitrogens with zero attached hydrogens (tertiary/aromatic N) is 4. The molecule has 0 saturated heterocycles. The molecular formula is C20H20ClN5. The Labute approximate surface area is 158 Å². The number of aromatic nitrogens is 3. The van der Waals surface area contributed by atoms with Gasteiger partial charge >= 0.3 is 0 Å². The molecule has 0 fully saturated rings. The highest BCUT2D eigenvalue weighted by molar-refractivity contribution is 6.33. The van der Waals surface area contributed by atoms with Gasteiger partial charge in [-0.15, -0.1) is 5.10 Å². The molecule has 0 bridgehead atoms. The first-order chi connectivity index (χ1) is 12.6. The Morgan fingerprint density at radius 1 is 1.15 bits per heavy atom. The summed E-state index contributed by atoms with van der Waals surface area (Å²) in [6.07, 6.45) is 4.58. The minimum atomic E-state index is 0.692. The van der Waals surface area contributed by atoms with Gasteiger partial charge in [-0.1, -0.05) is 23.7 Å². The van der Waals surface area contributed by atoms with E-state index in [-0.39, 0.29) is 0 Å². The summed E-state index contributed by atoms with van der Waals surface area (Å²) < 4.78 is 0. The van der Waals surface area contributed by atoms with Crippen LogP contribution in [0.3, 0.4) is 0 Å². The minimum Gasteiger partial charge on any atom is -0.353 e. The topological polar surface area (TPSA) is 53.9 Å². The van der Waals surface area contributed by atoms with Gasteiger partial charge in [0.2, 0.25) is 0 Å². The van der Waals surface area contributed by atoms with Crippen LogP contribution in [-0.2, 0) is 13.0 Å². The molecule has 0 saturated carbocycles. The van der Waals surface area contributed by atoms with E-state index in [1.165, 1.54) is 11.1 Å². The van der Waals surface area contributed by atoms with Crippen molar-refractivity contribution in [2.24, 2.45) is 0 Å². The van der Waals surface area contributed by atoms with E-state index in [0.717, 1.165) is 48.0 Å². The Balaban J connectivity index is 1.60. The normalized spacial score (nSPS) is 13.4. The van der Waals surface area contributed by atoms with Crippen LogP contribution < -0.4 is 10.2 Å². The molecule has 4 rings (SSSR count). The van der Waals surface area contributed by atoms with Gasteiger partial charge in [-0.2, -0.15) is 5.10 Å². The number of benzene rings is 1. The molecule has 5 nitrogen and oxygen atoms in total. The van der Waals surface area contributed by atoms with E-state index in [2.05, 4.69) is 45.3 Å². The van der Waals surface area contributed by atoms with Gasteiger partial charge in [0.1, 0.15) is 0 Å². The van der Waals surface area contributed by atoms with E-state index < -0.39 is 0 Å². The predicted molar refractivity (Wildman–Crippen MR) is 105 cm³/mol. The fourth-order valence-corrected chi connectivity index (χ4v) is 3.40. The molecule has 3 aromatic rings. The summed E-state index contributed by atoms with van der Waals surface area (Å²) in [4.78, 5) is 6.92. The van der Waals surface area contributed by atoms with E-state index >= 15 is 0 Å². The van der Waals surface area contributed by atoms with Gasteiger partial charge in [0.15, 0.2) is 5.82 Å². The molecule has 0 spiro atoms. The van der Waals surface area contributed by atoms with Crippen molar-refractivity contribution in [2.75, 3.05) is 16.8 Å². The standard InChI is InChI=1S/C20H20ClN5/c1-13-10-23-25-20(14(13)2)26-8-7-18-15(12-26)9-16(11-22-18)24-19-6-4-3-5-17(19)21/h3-6,9-11,24H,7-8,12H2,1-2H3. The van der Waals surface area contributed by atoms with E-state index in [4.69, 9.17) is 11.6 Å². The molecule has 132 valence electrons. The zero-order valence-electron chi connectivity index (χ0n) is 14.8. The molecule has 0 radical (unpaired) electrons. The second-order valence-electron chi connectivity index (χ2n) is 6.58. The first kappa shape index (κ1) is 16.8. The molecular weight excluding hydrogens is 346 g/mol. The summed E-state index contributed by atoms with van der Waals surface area (Å²) in [7, 11) is 0. The zero-order valence-corrected chi connectivity index (χ0v) is 15.6. The van der Waals surface area contributed by atoms with E-state index in [9.17, 15) is 0 Å². The van der Waals surface area contributed by atoms with Gasteiger partial charge in [-0.3, -0.25) is 4.98 Å². The van der Waals surface area contributed by atoms with Crippen LogP contribution in [-0.4, -0.2) is 21.7 Å². The molecule has 1 aromatic carbocycles. The summed E-state index contributed by atoms with van der Waals surface area (Å²) >= 11 is 6.25. The van der Waals surface area contributed by atoms with Crippen molar-refractivity contribution in [3.8, 4) is 0 Å². The van der Waals surface area contributed by atoms with Crippen LogP contribution in [0.2, 0.25) is 5.02 Å². The Bertz CT molecular complexity index is 957. The maximum atomic E-state index is 6.25. The smallest absolute Gasteiger partial charge is 0.154 e. The molecule has 0 atom stereocenters. The largest absolute Gasteiger partial charge is 0.353 e. The quantitative estimate of drug-likeness (QED) is 0.743. The number of hydrogen-bond donors (Lipinski definition) is 1. The molecule has 2 aromatic heterocycles. The van der Waals surface area contributed by atoms with Gasteiger partial charge in [-0.25, -0.2) is 0 Å². The van der Waals surface area contributed by atoms with Crippen molar-refractivity contribution >= 4 is 28.8 Å². The summed E-state index contributed by atoms with van der Waals surface area (Å²) in [6, 6.07) is 9.86. The Kier molecular flexibility index (Phi) is 4.47. The molecule has 1 aliphatic rings. The minimum absolute atomic E-state index is 0.692. The molecule has 6 heteroatoms. The predicted octanol–water partition coefficient (Wildman–Crippen LogP) is 4.45. The third-order valence-corrected chi connectivity index (χ3v) is 5.15. The first-order valence-electron chi connectivity index (χ1n) is 8.65.